The third kappa shape index (κ3) is 3.59. The lowest BCUT2D eigenvalue weighted by molar-refractivity contribution is 0.252. The summed E-state index contributed by atoms with van der Waals surface area (Å²) in [6.07, 6.45) is 0.00466. The van der Waals surface area contributed by atoms with E-state index in [1.165, 1.54) is 0 Å². The number of nitrogens with zero attached hydrogens (tertiary/aromatic N) is 3. The highest BCUT2D eigenvalue weighted by Crippen LogP contribution is 2.19. The second kappa shape index (κ2) is 7.89. The van der Waals surface area contributed by atoms with E-state index in [2.05, 4.69) is 29.0 Å². The van der Waals surface area contributed by atoms with Crippen LogP contribution in [0.5, 0.6) is 0 Å². The van der Waals surface area contributed by atoms with Gasteiger partial charge in [0, 0.05) is 10.7 Å². The van der Waals surface area contributed by atoms with Gasteiger partial charge in [-0.25, -0.2) is 4.98 Å². The van der Waals surface area contributed by atoms with Crippen LogP contribution in [0.15, 0.2) is 53.3 Å². The van der Waals surface area contributed by atoms with Gasteiger partial charge in [-0.15, -0.1) is 0 Å². The van der Waals surface area contributed by atoms with Crippen molar-refractivity contribution in [1.82, 2.24) is 14.5 Å². The Bertz CT molecular complexity index is 948. The molecule has 1 aromatic heterocycles. The number of aromatic nitrogens is 2. The van der Waals surface area contributed by atoms with Gasteiger partial charge in [0.1, 0.15) is 0 Å². The SMILES string of the molecule is CCN(CC)C(C)Nc1nc2ccccc2n(-c2ccc(Cl)cc2)c1=O. The molecule has 5 nitrogen and oxygen atoms in total. The molecule has 1 heterocycles. The van der Waals surface area contributed by atoms with Crippen molar-refractivity contribution in [2.75, 3.05) is 18.4 Å². The number of hydrogen-bond acceptors (Lipinski definition) is 4. The van der Waals surface area contributed by atoms with E-state index < -0.39 is 0 Å². The van der Waals surface area contributed by atoms with Gasteiger partial charge in [0.25, 0.3) is 5.56 Å². The molecule has 0 saturated carbocycles. The van der Waals surface area contributed by atoms with Crippen LogP contribution in [0.25, 0.3) is 16.7 Å². The number of anilines is 1. The van der Waals surface area contributed by atoms with Crippen molar-refractivity contribution < 1.29 is 0 Å². The molecular formula is C20H23ClN4O. The van der Waals surface area contributed by atoms with E-state index in [-0.39, 0.29) is 11.7 Å². The molecule has 1 N–H and O–H groups in total. The van der Waals surface area contributed by atoms with Crippen molar-refractivity contribution in [1.29, 1.82) is 0 Å². The van der Waals surface area contributed by atoms with Gasteiger partial charge in [0.05, 0.1) is 17.2 Å². The zero-order chi connectivity index (χ0) is 18.7. The summed E-state index contributed by atoms with van der Waals surface area (Å²) in [4.78, 5) is 20.0. The lowest BCUT2D eigenvalue weighted by atomic mass is 10.2. The van der Waals surface area contributed by atoms with Crippen molar-refractivity contribution >= 4 is 28.5 Å². The van der Waals surface area contributed by atoms with Gasteiger partial charge in [-0.3, -0.25) is 14.3 Å². The number of para-hydroxylation sites is 2. The monoisotopic (exact) mass is 370 g/mol. The Balaban J connectivity index is 2.15. The Morgan fingerprint density at radius 2 is 1.77 bits per heavy atom. The van der Waals surface area contributed by atoms with Gasteiger partial charge in [0.15, 0.2) is 5.82 Å². The molecule has 1 atom stereocenters. The highest BCUT2D eigenvalue weighted by atomic mass is 35.5. The van der Waals surface area contributed by atoms with Crippen LogP contribution in [0.1, 0.15) is 20.8 Å². The third-order valence-electron chi connectivity index (χ3n) is 4.55. The van der Waals surface area contributed by atoms with Gasteiger partial charge in [-0.05, 0) is 56.4 Å². The van der Waals surface area contributed by atoms with Crippen molar-refractivity contribution in [2.45, 2.75) is 26.9 Å². The maximum absolute atomic E-state index is 13.2. The van der Waals surface area contributed by atoms with Crippen molar-refractivity contribution in [3.63, 3.8) is 0 Å². The van der Waals surface area contributed by atoms with Crippen LogP contribution in [-0.2, 0) is 0 Å². The second-order valence-electron chi connectivity index (χ2n) is 6.11. The highest BCUT2D eigenvalue weighted by molar-refractivity contribution is 6.30. The average Bonchev–Trinajstić information content (AvgIpc) is 2.64. The van der Waals surface area contributed by atoms with E-state index in [9.17, 15) is 4.79 Å². The van der Waals surface area contributed by atoms with Gasteiger partial charge in [-0.2, -0.15) is 0 Å². The van der Waals surface area contributed by atoms with Gasteiger partial charge >= 0.3 is 0 Å². The predicted octanol–water partition coefficient (Wildman–Crippen LogP) is 4.14. The first-order chi connectivity index (χ1) is 12.5. The van der Waals surface area contributed by atoms with E-state index in [1.54, 1.807) is 16.7 Å². The van der Waals surface area contributed by atoms with Gasteiger partial charge in [-0.1, -0.05) is 37.6 Å². The summed E-state index contributed by atoms with van der Waals surface area (Å²) in [5.74, 6) is 0.345. The molecule has 0 radical (unpaired) electrons. The summed E-state index contributed by atoms with van der Waals surface area (Å²) in [5.41, 5.74) is 2.11. The Morgan fingerprint density at radius 3 is 2.42 bits per heavy atom. The topological polar surface area (TPSA) is 50.2 Å². The minimum atomic E-state index is -0.176. The normalized spacial score (nSPS) is 12.5. The average molecular weight is 371 g/mol. The van der Waals surface area contributed by atoms with E-state index in [4.69, 9.17) is 11.6 Å². The number of benzene rings is 2. The van der Waals surface area contributed by atoms with Crippen molar-refractivity contribution in [3.05, 3.63) is 63.9 Å². The van der Waals surface area contributed by atoms with Crippen LogP contribution in [0.2, 0.25) is 5.02 Å². The number of nitrogens with one attached hydrogen (secondary N) is 1. The summed E-state index contributed by atoms with van der Waals surface area (Å²) in [6, 6.07) is 14.9. The fraction of sp³-hybridized carbons (Fsp3) is 0.300. The first kappa shape index (κ1) is 18.4. The van der Waals surface area contributed by atoms with Gasteiger partial charge in [0.2, 0.25) is 0 Å². The Hall–Kier alpha value is -2.37. The lowest BCUT2D eigenvalue weighted by Crippen LogP contribution is -2.40. The third-order valence-corrected chi connectivity index (χ3v) is 4.80. The molecule has 0 saturated heterocycles. The standard InChI is InChI=1S/C20H23ClN4O/c1-4-24(5-2)14(3)22-19-20(26)25(16-12-10-15(21)11-13-16)18-9-7-6-8-17(18)23-19/h6-14H,4-5H2,1-3H3,(H,22,23). The Morgan fingerprint density at radius 1 is 1.12 bits per heavy atom. The Kier molecular flexibility index (Phi) is 5.59. The molecule has 0 bridgehead atoms. The molecule has 6 heteroatoms. The summed E-state index contributed by atoms with van der Waals surface area (Å²) in [7, 11) is 0. The highest BCUT2D eigenvalue weighted by Gasteiger charge is 2.16. The molecular weight excluding hydrogens is 348 g/mol. The van der Waals surface area contributed by atoms with E-state index in [0.717, 1.165) is 29.8 Å². The van der Waals surface area contributed by atoms with Crippen LogP contribution < -0.4 is 10.9 Å². The maximum atomic E-state index is 13.2. The molecule has 3 aromatic rings. The predicted molar refractivity (Wildman–Crippen MR) is 108 cm³/mol. The zero-order valence-electron chi connectivity index (χ0n) is 15.2. The summed E-state index contributed by atoms with van der Waals surface area (Å²) in [5, 5.41) is 3.91. The molecule has 3 rings (SSSR count). The summed E-state index contributed by atoms with van der Waals surface area (Å²) < 4.78 is 1.68. The number of hydrogen-bond donors (Lipinski definition) is 1. The van der Waals surface area contributed by atoms with Crippen LogP contribution in [0, 0.1) is 0 Å². The minimum absolute atomic E-state index is 0.00466. The van der Waals surface area contributed by atoms with Crippen LogP contribution >= 0.6 is 11.6 Å². The van der Waals surface area contributed by atoms with E-state index in [1.807, 2.05) is 43.3 Å². The minimum Gasteiger partial charge on any atom is -0.350 e. The molecule has 2 aromatic carbocycles. The molecule has 0 aliphatic carbocycles. The molecule has 26 heavy (non-hydrogen) atoms. The molecule has 0 fully saturated rings. The molecule has 0 spiro atoms. The van der Waals surface area contributed by atoms with E-state index in [0.29, 0.717) is 10.8 Å². The quantitative estimate of drug-likeness (QED) is 0.662. The molecule has 1 unspecified atom stereocenters. The number of rotatable bonds is 6. The maximum Gasteiger partial charge on any atom is 0.298 e. The first-order valence-electron chi connectivity index (χ1n) is 8.83. The Labute approximate surface area is 158 Å². The zero-order valence-corrected chi connectivity index (χ0v) is 16.0. The number of halogens is 1. The van der Waals surface area contributed by atoms with Crippen LogP contribution in [-0.4, -0.2) is 33.7 Å². The molecule has 0 aliphatic rings. The fourth-order valence-corrected chi connectivity index (χ4v) is 3.26. The molecule has 0 aliphatic heterocycles. The first-order valence-corrected chi connectivity index (χ1v) is 9.21. The van der Waals surface area contributed by atoms with E-state index >= 15 is 0 Å². The summed E-state index contributed by atoms with van der Waals surface area (Å²) in [6.45, 7) is 8.02. The van der Waals surface area contributed by atoms with Crippen LogP contribution in [0.3, 0.4) is 0 Å². The smallest absolute Gasteiger partial charge is 0.298 e. The van der Waals surface area contributed by atoms with Crippen molar-refractivity contribution in [2.24, 2.45) is 0 Å². The van der Waals surface area contributed by atoms with Crippen molar-refractivity contribution in [3.8, 4) is 5.69 Å². The van der Waals surface area contributed by atoms with Crippen LogP contribution in [0.4, 0.5) is 5.82 Å². The van der Waals surface area contributed by atoms with Gasteiger partial charge < -0.3 is 5.32 Å². The summed E-state index contributed by atoms with van der Waals surface area (Å²) >= 11 is 6.01. The largest absolute Gasteiger partial charge is 0.350 e. The second-order valence-corrected chi connectivity index (χ2v) is 6.54. The molecule has 0 amide bonds. The lowest BCUT2D eigenvalue weighted by Gasteiger charge is -2.27. The fourth-order valence-electron chi connectivity index (χ4n) is 3.13. The molecule has 136 valence electrons. The number of fused-ring (bicyclic) bond motifs is 1.